The molecule has 4 nitrogen and oxygen atoms in total. The lowest BCUT2D eigenvalue weighted by molar-refractivity contribution is -0.111. The average Bonchev–Trinajstić information content (AvgIpc) is 2.75. The van der Waals surface area contributed by atoms with Crippen LogP contribution >= 0.6 is 0 Å². The molecule has 90 valence electrons. The number of carbonyl (C=O) groups is 2. The van der Waals surface area contributed by atoms with E-state index in [-0.39, 0.29) is 12.0 Å². The van der Waals surface area contributed by atoms with Crippen LogP contribution < -0.4 is 5.32 Å². The number of amides is 1. The molecule has 0 aliphatic heterocycles. The molecule has 0 spiro atoms. The fourth-order valence-corrected chi connectivity index (χ4v) is 2.60. The van der Waals surface area contributed by atoms with Crippen LogP contribution in [0.3, 0.4) is 0 Å². The molecule has 2 fully saturated rings. The highest BCUT2D eigenvalue weighted by Crippen LogP contribution is 2.54. The molecule has 2 aliphatic rings. The number of hydrogen-bond acceptors (Lipinski definition) is 3. The molecule has 2 aliphatic carbocycles. The molecule has 0 aromatic heterocycles. The standard InChI is InChI=1S/C12H19NO3/c1-12(2,3)16-11(15)13-10-5-7-4-8(7)9(10)6-14/h6-10H,4-5H2,1-3H3,(H,13,15). The monoisotopic (exact) mass is 225 g/mol. The third-order valence-corrected chi connectivity index (χ3v) is 3.35. The van der Waals surface area contributed by atoms with Crippen molar-refractivity contribution in [1.29, 1.82) is 0 Å². The first kappa shape index (κ1) is 11.4. The first-order valence-corrected chi connectivity index (χ1v) is 5.85. The summed E-state index contributed by atoms with van der Waals surface area (Å²) in [5, 5.41) is 2.80. The largest absolute Gasteiger partial charge is 0.444 e. The Balaban J connectivity index is 1.86. The molecule has 4 unspecified atom stereocenters. The minimum Gasteiger partial charge on any atom is -0.444 e. The normalized spacial score (nSPS) is 36.4. The maximum Gasteiger partial charge on any atom is 0.407 e. The minimum absolute atomic E-state index is 0.00230. The third-order valence-electron chi connectivity index (χ3n) is 3.35. The van der Waals surface area contributed by atoms with Crippen LogP contribution in [0.2, 0.25) is 0 Å². The smallest absolute Gasteiger partial charge is 0.407 e. The van der Waals surface area contributed by atoms with Crippen LogP contribution in [0.1, 0.15) is 33.6 Å². The van der Waals surface area contributed by atoms with Gasteiger partial charge in [-0.2, -0.15) is 0 Å². The highest BCUT2D eigenvalue weighted by molar-refractivity contribution is 5.69. The zero-order valence-corrected chi connectivity index (χ0v) is 10.0. The van der Waals surface area contributed by atoms with E-state index in [1.54, 1.807) is 0 Å². The van der Waals surface area contributed by atoms with E-state index in [0.29, 0.717) is 11.8 Å². The second kappa shape index (κ2) is 3.75. The van der Waals surface area contributed by atoms with Gasteiger partial charge in [-0.25, -0.2) is 4.79 Å². The Labute approximate surface area is 95.7 Å². The lowest BCUT2D eigenvalue weighted by atomic mass is 10.0. The average molecular weight is 225 g/mol. The zero-order chi connectivity index (χ0) is 11.9. The van der Waals surface area contributed by atoms with Gasteiger partial charge in [-0.05, 0) is 45.4 Å². The molecule has 2 saturated carbocycles. The van der Waals surface area contributed by atoms with E-state index in [1.807, 2.05) is 20.8 Å². The Morgan fingerprint density at radius 3 is 2.62 bits per heavy atom. The molecule has 1 N–H and O–H groups in total. The lowest BCUT2D eigenvalue weighted by Gasteiger charge is -2.24. The van der Waals surface area contributed by atoms with E-state index < -0.39 is 11.7 Å². The summed E-state index contributed by atoms with van der Waals surface area (Å²) in [5.74, 6) is 1.16. The molecule has 0 saturated heterocycles. The molecule has 0 heterocycles. The maximum atomic E-state index is 11.5. The van der Waals surface area contributed by atoms with Crippen molar-refractivity contribution in [2.45, 2.75) is 45.3 Å². The molecular formula is C12H19NO3. The van der Waals surface area contributed by atoms with Crippen molar-refractivity contribution in [3.05, 3.63) is 0 Å². The van der Waals surface area contributed by atoms with Crippen LogP contribution in [0.25, 0.3) is 0 Å². The van der Waals surface area contributed by atoms with Crippen molar-refractivity contribution in [2.75, 3.05) is 0 Å². The molecule has 1 amide bonds. The second-order valence-corrected chi connectivity index (χ2v) is 5.86. The number of alkyl carbamates (subject to hydrolysis) is 1. The van der Waals surface area contributed by atoms with Crippen molar-refractivity contribution in [1.82, 2.24) is 5.32 Å². The Kier molecular flexibility index (Phi) is 2.68. The first-order valence-electron chi connectivity index (χ1n) is 5.85. The predicted molar refractivity (Wildman–Crippen MR) is 58.9 cm³/mol. The van der Waals surface area contributed by atoms with Crippen molar-refractivity contribution < 1.29 is 14.3 Å². The fraction of sp³-hybridized carbons (Fsp3) is 0.833. The third kappa shape index (κ3) is 2.36. The fourth-order valence-electron chi connectivity index (χ4n) is 2.60. The number of carbonyl (C=O) groups excluding carboxylic acids is 2. The maximum absolute atomic E-state index is 11.5. The summed E-state index contributed by atoms with van der Waals surface area (Å²) in [6.45, 7) is 5.49. The van der Waals surface area contributed by atoms with E-state index in [9.17, 15) is 9.59 Å². The predicted octanol–water partition coefficient (Wildman–Crippen LogP) is 1.73. The van der Waals surface area contributed by atoms with Gasteiger partial charge < -0.3 is 14.8 Å². The van der Waals surface area contributed by atoms with Crippen LogP contribution in [0, 0.1) is 17.8 Å². The van der Waals surface area contributed by atoms with Crippen LogP contribution in [0.4, 0.5) is 4.79 Å². The zero-order valence-electron chi connectivity index (χ0n) is 10.0. The Morgan fingerprint density at radius 1 is 1.38 bits per heavy atom. The summed E-state index contributed by atoms with van der Waals surface area (Å²) in [6.07, 6.45) is 2.65. The summed E-state index contributed by atoms with van der Waals surface area (Å²) in [5.41, 5.74) is -0.484. The summed E-state index contributed by atoms with van der Waals surface area (Å²) < 4.78 is 5.18. The molecular weight excluding hydrogens is 206 g/mol. The molecule has 2 rings (SSSR count). The summed E-state index contributed by atoms with van der Waals surface area (Å²) in [7, 11) is 0. The molecule has 0 bridgehead atoms. The summed E-state index contributed by atoms with van der Waals surface area (Å²) in [4.78, 5) is 22.5. The number of aldehydes is 1. The van der Waals surface area contributed by atoms with E-state index in [2.05, 4.69) is 5.32 Å². The summed E-state index contributed by atoms with van der Waals surface area (Å²) in [6, 6.07) is -0.0175. The van der Waals surface area contributed by atoms with Crippen molar-refractivity contribution in [2.24, 2.45) is 17.8 Å². The number of rotatable bonds is 2. The van der Waals surface area contributed by atoms with Gasteiger partial charge in [-0.15, -0.1) is 0 Å². The Bertz CT molecular complexity index is 308. The van der Waals surface area contributed by atoms with Crippen molar-refractivity contribution in [3.63, 3.8) is 0 Å². The van der Waals surface area contributed by atoms with Crippen LogP contribution in [0.15, 0.2) is 0 Å². The lowest BCUT2D eigenvalue weighted by Crippen LogP contribution is -2.42. The van der Waals surface area contributed by atoms with Crippen LogP contribution in [-0.2, 0) is 9.53 Å². The molecule has 0 radical (unpaired) electrons. The van der Waals surface area contributed by atoms with E-state index >= 15 is 0 Å². The molecule has 0 aromatic carbocycles. The number of fused-ring (bicyclic) bond motifs is 1. The van der Waals surface area contributed by atoms with Crippen molar-refractivity contribution in [3.8, 4) is 0 Å². The van der Waals surface area contributed by atoms with Gasteiger partial charge in [0, 0.05) is 12.0 Å². The van der Waals surface area contributed by atoms with Crippen LogP contribution in [-0.4, -0.2) is 24.0 Å². The number of nitrogens with one attached hydrogen (secondary N) is 1. The SMILES string of the molecule is CC(C)(C)OC(=O)NC1CC2CC2C1C=O. The van der Waals surface area contributed by atoms with E-state index in [1.165, 1.54) is 0 Å². The van der Waals surface area contributed by atoms with Gasteiger partial charge in [-0.3, -0.25) is 0 Å². The van der Waals surface area contributed by atoms with E-state index in [0.717, 1.165) is 19.1 Å². The van der Waals surface area contributed by atoms with Crippen LogP contribution in [0.5, 0.6) is 0 Å². The molecule has 4 heteroatoms. The van der Waals surface area contributed by atoms with Gasteiger partial charge in [0.05, 0.1) is 0 Å². The van der Waals surface area contributed by atoms with Gasteiger partial charge in [0.1, 0.15) is 11.9 Å². The first-order chi connectivity index (χ1) is 7.40. The Morgan fingerprint density at radius 2 is 2.06 bits per heavy atom. The molecule has 0 aromatic rings. The van der Waals surface area contributed by atoms with Gasteiger partial charge in [0.15, 0.2) is 0 Å². The minimum atomic E-state index is -0.484. The highest BCUT2D eigenvalue weighted by atomic mass is 16.6. The molecule has 16 heavy (non-hydrogen) atoms. The van der Waals surface area contributed by atoms with E-state index in [4.69, 9.17) is 4.74 Å². The summed E-state index contributed by atoms with van der Waals surface area (Å²) >= 11 is 0. The second-order valence-electron chi connectivity index (χ2n) is 5.86. The van der Waals surface area contributed by atoms with Gasteiger partial charge >= 0.3 is 6.09 Å². The quantitative estimate of drug-likeness (QED) is 0.728. The number of hydrogen-bond donors (Lipinski definition) is 1. The topological polar surface area (TPSA) is 55.4 Å². The number of ether oxygens (including phenoxy) is 1. The van der Waals surface area contributed by atoms with Gasteiger partial charge in [0.2, 0.25) is 0 Å². The Hall–Kier alpha value is -1.06. The van der Waals surface area contributed by atoms with Gasteiger partial charge in [-0.1, -0.05) is 0 Å². The highest BCUT2D eigenvalue weighted by Gasteiger charge is 2.53. The molecule has 4 atom stereocenters. The van der Waals surface area contributed by atoms with Crippen molar-refractivity contribution >= 4 is 12.4 Å². The van der Waals surface area contributed by atoms with Gasteiger partial charge in [0.25, 0.3) is 0 Å².